The standard InChI is InChI=1S/C17H36/c1-9-17(7,8)11-10-16(14(4)5)15(6)12-13(2)3/h13-16H,9-12H2,1-8H3. The van der Waals surface area contributed by atoms with Gasteiger partial charge >= 0.3 is 0 Å². The maximum Gasteiger partial charge on any atom is -0.0357 e. The summed E-state index contributed by atoms with van der Waals surface area (Å²) in [6, 6.07) is 0. The molecule has 0 radical (unpaired) electrons. The fourth-order valence-corrected chi connectivity index (χ4v) is 2.93. The highest BCUT2D eigenvalue weighted by Crippen LogP contribution is 2.35. The summed E-state index contributed by atoms with van der Waals surface area (Å²) in [4.78, 5) is 0. The van der Waals surface area contributed by atoms with Crippen LogP contribution in [0.4, 0.5) is 0 Å². The van der Waals surface area contributed by atoms with Crippen molar-refractivity contribution in [2.75, 3.05) is 0 Å². The molecule has 2 atom stereocenters. The van der Waals surface area contributed by atoms with Crippen molar-refractivity contribution in [1.82, 2.24) is 0 Å². The first-order chi connectivity index (χ1) is 7.69. The Kier molecular flexibility index (Phi) is 7.44. The first kappa shape index (κ1) is 17.0. The van der Waals surface area contributed by atoms with Gasteiger partial charge in [0.2, 0.25) is 0 Å². The van der Waals surface area contributed by atoms with Crippen LogP contribution in [0.1, 0.15) is 81.1 Å². The molecular weight excluding hydrogens is 204 g/mol. The van der Waals surface area contributed by atoms with Gasteiger partial charge in [-0.1, -0.05) is 61.8 Å². The van der Waals surface area contributed by atoms with E-state index in [2.05, 4.69) is 55.4 Å². The van der Waals surface area contributed by atoms with Gasteiger partial charge in [-0.3, -0.25) is 0 Å². The average molecular weight is 240 g/mol. The van der Waals surface area contributed by atoms with Gasteiger partial charge in [0.1, 0.15) is 0 Å². The Morgan fingerprint density at radius 1 is 0.941 bits per heavy atom. The van der Waals surface area contributed by atoms with E-state index in [4.69, 9.17) is 0 Å². The molecule has 0 aromatic heterocycles. The molecule has 0 aliphatic heterocycles. The van der Waals surface area contributed by atoms with Crippen molar-refractivity contribution in [3.8, 4) is 0 Å². The summed E-state index contributed by atoms with van der Waals surface area (Å²) >= 11 is 0. The van der Waals surface area contributed by atoms with Crippen LogP contribution in [0.3, 0.4) is 0 Å². The zero-order valence-electron chi connectivity index (χ0n) is 13.6. The van der Waals surface area contributed by atoms with E-state index in [-0.39, 0.29) is 0 Å². The molecular formula is C17H36. The summed E-state index contributed by atoms with van der Waals surface area (Å²) in [6.45, 7) is 19.1. The molecule has 0 aliphatic rings. The summed E-state index contributed by atoms with van der Waals surface area (Å²) in [5, 5.41) is 0. The molecule has 0 heteroatoms. The van der Waals surface area contributed by atoms with E-state index in [0.29, 0.717) is 5.41 Å². The van der Waals surface area contributed by atoms with Crippen molar-refractivity contribution in [3.05, 3.63) is 0 Å². The third kappa shape index (κ3) is 7.11. The Morgan fingerprint density at radius 3 is 1.82 bits per heavy atom. The minimum atomic E-state index is 0.532. The highest BCUT2D eigenvalue weighted by Gasteiger charge is 2.24. The van der Waals surface area contributed by atoms with Crippen molar-refractivity contribution in [3.63, 3.8) is 0 Å². The molecule has 0 spiro atoms. The lowest BCUT2D eigenvalue weighted by atomic mass is 9.74. The van der Waals surface area contributed by atoms with Gasteiger partial charge in [-0.05, 0) is 48.3 Å². The molecule has 0 aromatic carbocycles. The van der Waals surface area contributed by atoms with Crippen LogP contribution in [0.25, 0.3) is 0 Å². The Balaban J connectivity index is 4.34. The Morgan fingerprint density at radius 2 is 1.47 bits per heavy atom. The Hall–Kier alpha value is 0. The lowest BCUT2D eigenvalue weighted by Gasteiger charge is -2.32. The fourth-order valence-electron chi connectivity index (χ4n) is 2.93. The highest BCUT2D eigenvalue weighted by molar-refractivity contribution is 4.75. The summed E-state index contributed by atoms with van der Waals surface area (Å²) in [5.74, 6) is 3.45. The minimum absolute atomic E-state index is 0.532. The quantitative estimate of drug-likeness (QED) is 0.477. The van der Waals surface area contributed by atoms with Crippen LogP contribution in [-0.4, -0.2) is 0 Å². The summed E-state index contributed by atoms with van der Waals surface area (Å²) < 4.78 is 0. The normalized spacial score (nSPS) is 16.6. The molecule has 104 valence electrons. The maximum atomic E-state index is 2.46. The van der Waals surface area contributed by atoms with Crippen LogP contribution >= 0.6 is 0 Å². The number of rotatable bonds is 8. The van der Waals surface area contributed by atoms with E-state index in [1.54, 1.807) is 0 Å². The molecule has 0 nitrogen and oxygen atoms in total. The second-order valence-corrected chi connectivity index (χ2v) is 7.57. The van der Waals surface area contributed by atoms with E-state index < -0.39 is 0 Å². The monoisotopic (exact) mass is 240 g/mol. The molecule has 0 saturated heterocycles. The molecule has 0 aromatic rings. The van der Waals surface area contributed by atoms with Gasteiger partial charge in [0.25, 0.3) is 0 Å². The van der Waals surface area contributed by atoms with Crippen LogP contribution in [-0.2, 0) is 0 Å². The molecule has 0 bridgehead atoms. The second kappa shape index (κ2) is 7.44. The minimum Gasteiger partial charge on any atom is -0.0649 e. The van der Waals surface area contributed by atoms with Crippen molar-refractivity contribution in [2.24, 2.45) is 29.1 Å². The summed E-state index contributed by atoms with van der Waals surface area (Å²) in [5.41, 5.74) is 0.532. The van der Waals surface area contributed by atoms with E-state index in [1.807, 2.05) is 0 Å². The van der Waals surface area contributed by atoms with Gasteiger partial charge in [-0.25, -0.2) is 0 Å². The molecule has 0 rings (SSSR count). The molecule has 2 unspecified atom stereocenters. The highest BCUT2D eigenvalue weighted by atomic mass is 14.3. The van der Waals surface area contributed by atoms with Crippen molar-refractivity contribution < 1.29 is 0 Å². The first-order valence-corrected chi connectivity index (χ1v) is 7.69. The lowest BCUT2D eigenvalue weighted by Crippen LogP contribution is -2.22. The van der Waals surface area contributed by atoms with Gasteiger partial charge < -0.3 is 0 Å². The molecule has 0 heterocycles. The zero-order valence-corrected chi connectivity index (χ0v) is 13.6. The van der Waals surface area contributed by atoms with Gasteiger partial charge in [0.05, 0.1) is 0 Å². The van der Waals surface area contributed by atoms with Gasteiger partial charge in [0, 0.05) is 0 Å². The largest absolute Gasteiger partial charge is 0.0649 e. The topological polar surface area (TPSA) is 0 Å². The molecule has 0 fully saturated rings. The van der Waals surface area contributed by atoms with E-state index in [1.165, 1.54) is 25.7 Å². The summed E-state index contributed by atoms with van der Waals surface area (Å²) in [7, 11) is 0. The predicted molar refractivity (Wildman–Crippen MR) is 80.3 cm³/mol. The van der Waals surface area contributed by atoms with Crippen LogP contribution in [0.15, 0.2) is 0 Å². The number of hydrogen-bond donors (Lipinski definition) is 0. The molecule has 0 saturated carbocycles. The average Bonchev–Trinajstić information content (AvgIpc) is 2.16. The van der Waals surface area contributed by atoms with Gasteiger partial charge in [-0.2, -0.15) is 0 Å². The van der Waals surface area contributed by atoms with Crippen LogP contribution < -0.4 is 0 Å². The molecule has 0 amide bonds. The van der Waals surface area contributed by atoms with E-state index in [0.717, 1.165) is 23.7 Å². The lowest BCUT2D eigenvalue weighted by molar-refractivity contribution is 0.185. The third-order valence-corrected chi connectivity index (χ3v) is 4.54. The van der Waals surface area contributed by atoms with Crippen molar-refractivity contribution >= 4 is 0 Å². The van der Waals surface area contributed by atoms with Gasteiger partial charge in [-0.15, -0.1) is 0 Å². The SMILES string of the molecule is CCC(C)(C)CCC(C(C)C)C(C)CC(C)C. The predicted octanol–water partition coefficient (Wildman–Crippen LogP) is 6.16. The maximum absolute atomic E-state index is 2.46. The third-order valence-electron chi connectivity index (χ3n) is 4.54. The summed E-state index contributed by atoms with van der Waals surface area (Å²) in [6.07, 6.45) is 5.48. The molecule has 0 N–H and O–H groups in total. The zero-order chi connectivity index (χ0) is 13.6. The Bertz CT molecular complexity index is 188. The number of hydrogen-bond acceptors (Lipinski definition) is 0. The fraction of sp³-hybridized carbons (Fsp3) is 1.00. The van der Waals surface area contributed by atoms with Crippen molar-refractivity contribution in [2.45, 2.75) is 81.1 Å². The first-order valence-electron chi connectivity index (χ1n) is 7.69. The smallest absolute Gasteiger partial charge is 0.0357 e. The van der Waals surface area contributed by atoms with E-state index in [9.17, 15) is 0 Å². The van der Waals surface area contributed by atoms with Gasteiger partial charge in [0.15, 0.2) is 0 Å². The van der Waals surface area contributed by atoms with Crippen LogP contribution in [0.2, 0.25) is 0 Å². The van der Waals surface area contributed by atoms with Crippen molar-refractivity contribution in [1.29, 1.82) is 0 Å². The molecule has 17 heavy (non-hydrogen) atoms. The Labute approximate surface area is 111 Å². The second-order valence-electron chi connectivity index (χ2n) is 7.57. The van der Waals surface area contributed by atoms with Crippen LogP contribution in [0.5, 0.6) is 0 Å². The molecule has 0 aliphatic carbocycles. The van der Waals surface area contributed by atoms with E-state index >= 15 is 0 Å². The van der Waals surface area contributed by atoms with Crippen LogP contribution in [0, 0.1) is 29.1 Å².